The van der Waals surface area contributed by atoms with E-state index in [1.807, 2.05) is 35.8 Å². The molecule has 0 radical (unpaired) electrons. The summed E-state index contributed by atoms with van der Waals surface area (Å²) in [6, 6.07) is 8.02. The highest BCUT2D eigenvalue weighted by atomic mass is 35.5. The molecular formula is C20H23ClFN5O. The van der Waals surface area contributed by atoms with Gasteiger partial charge in [-0.2, -0.15) is 0 Å². The van der Waals surface area contributed by atoms with Gasteiger partial charge in [0.25, 0.3) is 0 Å². The second-order valence-corrected chi connectivity index (χ2v) is 6.93. The molecule has 0 saturated heterocycles. The van der Waals surface area contributed by atoms with Crippen molar-refractivity contribution >= 4 is 17.6 Å². The summed E-state index contributed by atoms with van der Waals surface area (Å²) in [4.78, 5) is 10.8. The van der Waals surface area contributed by atoms with Crippen molar-refractivity contribution in [2.24, 2.45) is 12.0 Å². The molecule has 2 aromatic heterocycles. The van der Waals surface area contributed by atoms with Gasteiger partial charge in [-0.3, -0.25) is 4.99 Å². The fourth-order valence-electron chi connectivity index (χ4n) is 2.88. The van der Waals surface area contributed by atoms with Crippen molar-refractivity contribution in [2.45, 2.75) is 13.0 Å². The number of aromatic nitrogens is 2. The lowest BCUT2D eigenvalue weighted by Crippen LogP contribution is -2.39. The third-order valence-corrected chi connectivity index (χ3v) is 4.56. The van der Waals surface area contributed by atoms with E-state index in [4.69, 9.17) is 16.0 Å². The van der Waals surface area contributed by atoms with E-state index in [9.17, 15) is 4.39 Å². The van der Waals surface area contributed by atoms with Crippen LogP contribution in [0.1, 0.15) is 11.4 Å². The zero-order chi connectivity index (χ0) is 20.1. The van der Waals surface area contributed by atoms with Gasteiger partial charge in [0.2, 0.25) is 5.89 Å². The normalized spacial score (nSPS) is 11.7. The maximum atomic E-state index is 13.0. The fourth-order valence-corrected chi connectivity index (χ4v) is 3.15. The maximum absolute atomic E-state index is 13.0. The highest BCUT2D eigenvalue weighted by Crippen LogP contribution is 2.19. The number of aryl methyl sites for hydroxylation is 1. The van der Waals surface area contributed by atoms with Crippen molar-refractivity contribution in [1.82, 2.24) is 19.8 Å². The van der Waals surface area contributed by atoms with Gasteiger partial charge in [-0.05, 0) is 30.3 Å². The molecule has 1 N–H and O–H groups in total. The number of rotatable bonds is 6. The quantitative estimate of drug-likeness (QED) is 0.503. The number of benzene rings is 1. The second kappa shape index (κ2) is 8.93. The standard InChI is InChI=1S/C20H23ClFN5O/c1-23-20(27(3)12-18-10-15(21)11-26(18)2)24-9-8-17-13-28-19(25-17)14-4-6-16(22)7-5-14/h4-7,10-11,13H,8-9,12H2,1-3H3,(H,23,24). The number of oxazole rings is 1. The number of hydrogen-bond acceptors (Lipinski definition) is 3. The molecule has 0 unspecified atom stereocenters. The number of hydrogen-bond donors (Lipinski definition) is 1. The predicted octanol–water partition coefficient (Wildman–Crippen LogP) is 3.72. The largest absolute Gasteiger partial charge is 0.444 e. The molecule has 148 valence electrons. The summed E-state index contributed by atoms with van der Waals surface area (Å²) in [5.41, 5.74) is 2.66. The second-order valence-electron chi connectivity index (χ2n) is 6.49. The van der Waals surface area contributed by atoms with Crippen LogP contribution in [0.3, 0.4) is 0 Å². The molecule has 3 rings (SSSR count). The summed E-state index contributed by atoms with van der Waals surface area (Å²) in [5.74, 6) is 0.976. The van der Waals surface area contributed by atoms with Crippen molar-refractivity contribution in [3.8, 4) is 11.5 Å². The van der Waals surface area contributed by atoms with Gasteiger partial charge in [0.1, 0.15) is 12.1 Å². The van der Waals surface area contributed by atoms with Crippen LogP contribution in [0.2, 0.25) is 5.02 Å². The highest BCUT2D eigenvalue weighted by Gasteiger charge is 2.11. The minimum absolute atomic E-state index is 0.284. The van der Waals surface area contributed by atoms with Crippen molar-refractivity contribution in [3.05, 3.63) is 65.0 Å². The molecule has 6 nitrogen and oxygen atoms in total. The molecule has 0 bridgehead atoms. The van der Waals surface area contributed by atoms with Crippen LogP contribution >= 0.6 is 11.6 Å². The molecule has 0 fully saturated rings. The first-order valence-electron chi connectivity index (χ1n) is 8.89. The predicted molar refractivity (Wildman–Crippen MR) is 109 cm³/mol. The van der Waals surface area contributed by atoms with Gasteiger partial charge in [-0.25, -0.2) is 9.37 Å². The summed E-state index contributed by atoms with van der Waals surface area (Å²) >= 11 is 6.05. The Morgan fingerprint density at radius 3 is 2.75 bits per heavy atom. The topological polar surface area (TPSA) is 58.6 Å². The van der Waals surface area contributed by atoms with Gasteiger partial charge in [-0.1, -0.05) is 11.6 Å². The third kappa shape index (κ3) is 4.92. The molecule has 2 heterocycles. The van der Waals surface area contributed by atoms with E-state index < -0.39 is 0 Å². The highest BCUT2D eigenvalue weighted by molar-refractivity contribution is 6.30. The average Bonchev–Trinajstić information content (AvgIpc) is 3.25. The van der Waals surface area contributed by atoms with Crippen molar-refractivity contribution in [1.29, 1.82) is 0 Å². The summed E-state index contributed by atoms with van der Waals surface area (Å²) in [7, 11) is 5.69. The number of guanidine groups is 1. The van der Waals surface area contributed by atoms with E-state index in [0.29, 0.717) is 25.4 Å². The Morgan fingerprint density at radius 1 is 1.36 bits per heavy atom. The molecule has 0 atom stereocenters. The minimum atomic E-state index is -0.284. The Bertz CT molecular complexity index is 948. The zero-order valence-corrected chi connectivity index (χ0v) is 16.9. The fraction of sp³-hybridized carbons (Fsp3) is 0.300. The summed E-state index contributed by atoms with van der Waals surface area (Å²) in [5, 5.41) is 4.04. The van der Waals surface area contributed by atoms with Gasteiger partial charge in [0.05, 0.1) is 17.3 Å². The molecule has 0 aliphatic rings. The molecule has 3 aromatic rings. The molecule has 0 aliphatic heterocycles. The molecule has 0 saturated carbocycles. The third-order valence-electron chi connectivity index (χ3n) is 4.35. The summed E-state index contributed by atoms with van der Waals surface area (Å²) < 4.78 is 20.5. The van der Waals surface area contributed by atoms with Crippen LogP contribution < -0.4 is 5.32 Å². The summed E-state index contributed by atoms with van der Waals surface area (Å²) in [6.45, 7) is 1.34. The van der Waals surface area contributed by atoms with E-state index in [1.165, 1.54) is 12.1 Å². The van der Waals surface area contributed by atoms with Crippen LogP contribution in [0, 0.1) is 5.82 Å². The van der Waals surface area contributed by atoms with Crippen LogP contribution in [-0.4, -0.2) is 41.1 Å². The SMILES string of the molecule is CN=C(NCCc1coc(-c2ccc(F)cc2)n1)N(C)Cc1cc(Cl)cn1C. The first-order valence-corrected chi connectivity index (χ1v) is 9.27. The Hall–Kier alpha value is -2.80. The number of nitrogens with one attached hydrogen (secondary N) is 1. The number of aliphatic imine (C=N–C) groups is 1. The Kier molecular flexibility index (Phi) is 6.36. The molecule has 0 amide bonds. The Balaban J connectivity index is 1.53. The van der Waals surface area contributed by atoms with Crippen molar-refractivity contribution in [3.63, 3.8) is 0 Å². The lowest BCUT2D eigenvalue weighted by molar-refractivity contribution is 0.462. The first-order chi connectivity index (χ1) is 13.5. The molecule has 0 spiro atoms. The van der Waals surface area contributed by atoms with Gasteiger partial charge in [0, 0.05) is 51.6 Å². The van der Waals surface area contributed by atoms with Crippen molar-refractivity contribution in [2.75, 3.05) is 20.6 Å². The lowest BCUT2D eigenvalue weighted by Gasteiger charge is -2.22. The van der Waals surface area contributed by atoms with E-state index in [0.717, 1.165) is 27.9 Å². The van der Waals surface area contributed by atoms with Crippen LogP contribution in [0.5, 0.6) is 0 Å². The zero-order valence-electron chi connectivity index (χ0n) is 16.1. The molecule has 0 aliphatic carbocycles. The van der Waals surface area contributed by atoms with Crippen molar-refractivity contribution < 1.29 is 8.81 Å². The lowest BCUT2D eigenvalue weighted by atomic mass is 10.2. The van der Waals surface area contributed by atoms with Gasteiger partial charge in [-0.15, -0.1) is 0 Å². The smallest absolute Gasteiger partial charge is 0.226 e. The molecular weight excluding hydrogens is 381 g/mol. The molecule has 1 aromatic carbocycles. The monoisotopic (exact) mass is 403 g/mol. The molecule has 8 heteroatoms. The van der Waals surface area contributed by atoms with Crippen LogP contribution in [-0.2, 0) is 20.0 Å². The summed E-state index contributed by atoms with van der Waals surface area (Å²) in [6.07, 6.45) is 4.18. The van der Waals surface area contributed by atoms with E-state index in [2.05, 4.69) is 15.3 Å². The van der Waals surface area contributed by atoms with Crippen LogP contribution in [0.25, 0.3) is 11.5 Å². The van der Waals surface area contributed by atoms with E-state index >= 15 is 0 Å². The maximum Gasteiger partial charge on any atom is 0.226 e. The van der Waals surface area contributed by atoms with Gasteiger partial charge < -0.3 is 19.2 Å². The average molecular weight is 404 g/mol. The Morgan fingerprint density at radius 2 is 2.11 bits per heavy atom. The van der Waals surface area contributed by atoms with E-state index in [1.54, 1.807) is 25.4 Å². The molecule has 28 heavy (non-hydrogen) atoms. The number of nitrogens with zero attached hydrogens (tertiary/aromatic N) is 4. The van der Waals surface area contributed by atoms with E-state index in [-0.39, 0.29) is 5.82 Å². The van der Waals surface area contributed by atoms with Crippen LogP contribution in [0.15, 0.2) is 52.2 Å². The number of halogens is 2. The van der Waals surface area contributed by atoms with Gasteiger partial charge >= 0.3 is 0 Å². The Labute approximate surface area is 168 Å². The van der Waals surface area contributed by atoms with Gasteiger partial charge in [0.15, 0.2) is 5.96 Å². The minimum Gasteiger partial charge on any atom is -0.444 e. The first kappa shape index (κ1) is 19.9. The van der Waals surface area contributed by atoms with Crippen LogP contribution in [0.4, 0.5) is 4.39 Å².